The molecule has 0 atom stereocenters. The highest BCUT2D eigenvalue weighted by atomic mass is 16.1. The maximum Gasteiger partial charge on any atom is 0.270 e. The minimum Gasteiger partial charge on any atom is -0.384 e. The lowest BCUT2D eigenvalue weighted by Gasteiger charge is -2.26. The molecule has 2 heterocycles. The quantitative estimate of drug-likeness (QED) is 0.829. The molecular formula is C13H20N4O. The smallest absolute Gasteiger partial charge is 0.270 e. The number of carbonyl (C=O) groups excluding carboxylic acids is 1. The zero-order valence-electron chi connectivity index (χ0n) is 10.6. The summed E-state index contributed by atoms with van der Waals surface area (Å²) in [6, 6.07) is 5.08. The topological polar surface area (TPSA) is 71.2 Å². The zero-order chi connectivity index (χ0) is 12.8. The van der Waals surface area contributed by atoms with E-state index >= 15 is 0 Å². The first kappa shape index (κ1) is 12.8. The van der Waals surface area contributed by atoms with Crippen molar-refractivity contribution in [2.45, 2.75) is 19.3 Å². The fraction of sp³-hybridized carbons (Fsp3) is 0.538. The van der Waals surface area contributed by atoms with Gasteiger partial charge in [-0.3, -0.25) is 4.79 Å². The number of pyridine rings is 1. The molecule has 1 aliphatic rings. The molecule has 0 bridgehead atoms. The van der Waals surface area contributed by atoms with Crippen molar-refractivity contribution in [1.82, 2.24) is 15.2 Å². The van der Waals surface area contributed by atoms with Crippen LogP contribution in [0.4, 0.5) is 5.82 Å². The molecule has 18 heavy (non-hydrogen) atoms. The van der Waals surface area contributed by atoms with Crippen LogP contribution < -0.4 is 11.1 Å². The maximum absolute atomic E-state index is 11.8. The standard InChI is InChI=1S/C13H20N4O/c14-12-6-4-5-11(16-12)13(18)15-7-10-17-8-2-1-3-9-17/h4-6H,1-3,7-10H2,(H2,14,16)(H,15,18). The molecule has 3 N–H and O–H groups in total. The summed E-state index contributed by atoms with van der Waals surface area (Å²) in [6.45, 7) is 3.86. The highest BCUT2D eigenvalue weighted by Crippen LogP contribution is 2.07. The lowest BCUT2D eigenvalue weighted by Crippen LogP contribution is -2.37. The first-order valence-corrected chi connectivity index (χ1v) is 6.49. The van der Waals surface area contributed by atoms with E-state index in [9.17, 15) is 4.79 Å². The van der Waals surface area contributed by atoms with Gasteiger partial charge in [-0.1, -0.05) is 12.5 Å². The normalized spacial score (nSPS) is 16.4. The molecule has 5 heteroatoms. The average Bonchev–Trinajstić information content (AvgIpc) is 2.40. The number of piperidine rings is 1. The van der Waals surface area contributed by atoms with Gasteiger partial charge in [0.1, 0.15) is 11.5 Å². The Morgan fingerprint density at radius 2 is 2.11 bits per heavy atom. The van der Waals surface area contributed by atoms with Gasteiger partial charge < -0.3 is 16.0 Å². The summed E-state index contributed by atoms with van der Waals surface area (Å²) in [7, 11) is 0. The van der Waals surface area contributed by atoms with Gasteiger partial charge >= 0.3 is 0 Å². The number of nitrogens with two attached hydrogens (primary N) is 1. The lowest BCUT2D eigenvalue weighted by molar-refractivity contribution is 0.0941. The van der Waals surface area contributed by atoms with Crippen LogP contribution in [0.15, 0.2) is 18.2 Å². The molecule has 1 amide bonds. The molecule has 2 rings (SSSR count). The van der Waals surface area contributed by atoms with Crippen molar-refractivity contribution in [3.63, 3.8) is 0 Å². The summed E-state index contributed by atoms with van der Waals surface area (Å²) in [5.41, 5.74) is 5.93. The SMILES string of the molecule is Nc1cccc(C(=O)NCCN2CCCCC2)n1. The van der Waals surface area contributed by atoms with Crippen molar-refractivity contribution in [2.24, 2.45) is 0 Å². The Bertz CT molecular complexity index is 402. The first-order chi connectivity index (χ1) is 8.75. The minimum atomic E-state index is -0.153. The van der Waals surface area contributed by atoms with Crippen LogP contribution in [-0.4, -0.2) is 42.0 Å². The van der Waals surface area contributed by atoms with Gasteiger partial charge in [-0.2, -0.15) is 0 Å². The molecule has 0 unspecified atom stereocenters. The third kappa shape index (κ3) is 3.70. The third-order valence-electron chi connectivity index (χ3n) is 3.17. The predicted octanol–water partition coefficient (Wildman–Crippen LogP) is 0.879. The van der Waals surface area contributed by atoms with Crippen molar-refractivity contribution in [1.29, 1.82) is 0 Å². The minimum absolute atomic E-state index is 0.153. The highest BCUT2D eigenvalue weighted by molar-refractivity contribution is 5.92. The highest BCUT2D eigenvalue weighted by Gasteiger charge is 2.11. The van der Waals surface area contributed by atoms with Crippen molar-refractivity contribution in [3.05, 3.63) is 23.9 Å². The van der Waals surface area contributed by atoms with Gasteiger partial charge in [0.15, 0.2) is 0 Å². The fourth-order valence-electron chi connectivity index (χ4n) is 2.18. The van der Waals surface area contributed by atoms with Crippen LogP contribution in [0, 0.1) is 0 Å². The number of carbonyl (C=O) groups is 1. The Morgan fingerprint density at radius 1 is 1.33 bits per heavy atom. The van der Waals surface area contributed by atoms with Gasteiger partial charge in [0.2, 0.25) is 0 Å². The van der Waals surface area contributed by atoms with Crippen LogP contribution in [0.5, 0.6) is 0 Å². The van der Waals surface area contributed by atoms with E-state index in [0.29, 0.717) is 18.1 Å². The molecule has 0 saturated carbocycles. The molecule has 0 spiro atoms. The first-order valence-electron chi connectivity index (χ1n) is 6.49. The van der Waals surface area contributed by atoms with Crippen LogP contribution in [0.25, 0.3) is 0 Å². The number of nitrogen functional groups attached to an aromatic ring is 1. The summed E-state index contributed by atoms with van der Waals surface area (Å²) in [6.07, 6.45) is 3.87. The van der Waals surface area contributed by atoms with Gasteiger partial charge in [-0.05, 0) is 38.1 Å². The Balaban J connectivity index is 1.74. The predicted molar refractivity (Wildman–Crippen MR) is 71.3 cm³/mol. The van der Waals surface area contributed by atoms with E-state index in [1.807, 2.05) is 0 Å². The Morgan fingerprint density at radius 3 is 2.83 bits per heavy atom. The van der Waals surface area contributed by atoms with E-state index in [4.69, 9.17) is 5.73 Å². The summed E-state index contributed by atoms with van der Waals surface area (Å²) in [4.78, 5) is 18.2. The Labute approximate surface area is 107 Å². The number of amides is 1. The largest absolute Gasteiger partial charge is 0.384 e. The molecule has 1 aromatic heterocycles. The van der Waals surface area contributed by atoms with Gasteiger partial charge in [0.25, 0.3) is 5.91 Å². The van der Waals surface area contributed by atoms with E-state index in [0.717, 1.165) is 19.6 Å². The number of hydrogen-bond donors (Lipinski definition) is 2. The van der Waals surface area contributed by atoms with E-state index in [2.05, 4.69) is 15.2 Å². The van der Waals surface area contributed by atoms with E-state index < -0.39 is 0 Å². The second-order valence-electron chi connectivity index (χ2n) is 4.61. The van der Waals surface area contributed by atoms with Gasteiger partial charge in [-0.15, -0.1) is 0 Å². The van der Waals surface area contributed by atoms with Crippen molar-refractivity contribution < 1.29 is 4.79 Å². The van der Waals surface area contributed by atoms with E-state index in [1.165, 1.54) is 19.3 Å². The van der Waals surface area contributed by atoms with Gasteiger partial charge in [0, 0.05) is 13.1 Å². The number of hydrogen-bond acceptors (Lipinski definition) is 4. The van der Waals surface area contributed by atoms with E-state index in [-0.39, 0.29) is 5.91 Å². The number of aromatic nitrogens is 1. The Kier molecular flexibility index (Phi) is 4.52. The molecule has 1 aromatic rings. The second kappa shape index (κ2) is 6.35. The third-order valence-corrected chi connectivity index (χ3v) is 3.17. The summed E-state index contributed by atoms with van der Waals surface area (Å²) >= 11 is 0. The van der Waals surface area contributed by atoms with Crippen LogP contribution in [0.2, 0.25) is 0 Å². The summed E-state index contributed by atoms with van der Waals surface area (Å²) in [5.74, 6) is 0.220. The molecule has 1 fully saturated rings. The molecular weight excluding hydrogens is 228 g/mol. The monoisotopic (exact) mass is 248 g/mol. The number of nitrogens with zero attached hydrogens (tertiary/aromatic N) is 2. The van der Waals surface area contributed by atoms with Crippen LogP contribution >= 0.6 is 0 Å². The van der Waals surface area contributed by atoms with Crippen LogP contribution in [0.3, 0.4) is 0 Å². The maximum atomic E-state index is 11.8. The average molecular weight is 248 g/mol. The van der Waals surface area contributed by atoms with Crippen molar-refractivity contribution in [3.8, 4) is 0 Å². The Hall–Kier alpha value is -1.62. The van der Waals surface area contributed by atoms with Crippen molar-refractivity contribution in [2.75, 3.05) is 31.9 Å². The number of anilines is 1. The number of likely N-dealkylation sites (tertiary alicyclic amines) is 1. The van der Waals surface area contributed by atoms with Gasteiger partial charge in [-0.25, -0.2) is 4.98 Å². The van der Waals surface area contributed by atoms with E-state index in [1.54, 1.807) is 18.2 Å². The van der Waals surface area contributed by atoms with Crippen molar-refractivity contribution >= 4 is 11.7 Å². The van der Waals surface area contributed by atoms with Crippen LogP contribution in [-0.2, 0) is 0 Å². The molecule has 1 saturated heterocycles. The zero-order valence-corrected chi connectivity index (χ0v) is 10.6. The molecule has 5 nitrogen and oxygen atoms in total. The molecule has 0 aromatic carbocycles. The molecule has 1 aliphatic heterocycles. The fourth-order valence-corrected chi connectivity index (χ4v) is 2.18. The summed E-state index contributed by atoms with van der Waals surface area (Å²) in [5, 5.41) is 2.87. The lowest BCUT2D eigenvalue weighted by atomic mass is 10.1. The number of rotatable bonds is 4. The van der Waals surface area contributed by atoms with Crippen LogP contribution in [0.1, 0.15) is 29.8 Å². The second-order valence-corrected chi connectivity index (χ2v) is 4.61. The van der Waals surface area contributed by atoms with Gasteiger partial charge in [0.05, 0.1) is 0 Å². The molecule has 0 radical (unpaired) electrons. The molecule has 98 valence electrons. The number of nitrogens with one attached hydrogen (secondary N) is 1. The molecule has 0 aliphatic carbocycles. The summed E-state index contributed by atoms with van der Waals surface area (Å²) < 4.78 is 0.